The summed E-state index contributed by atoms with van der Waals surface area (Å²) in [4.78, 5) is 9.33. The average Bonchev–Trinajstić information content (AvgIpc) is 3.14. The second-order valence-corrected chi connectivity index (χ2v) is 6.64. The number of benzene rings is 1. The van der Waals surface area contributed by atoms with Crippen molar-refractivity contribution in [2.75, 3.05) is 6.61 Å². The molecule has 3 heterocycles. The van der Waals surface area contributed by atoms with Crippen molar-refractivity contribution < 1.29 is 14.8 Å². The Morgan fingerprint density at radius 1 is 1.19 bits per heavy atom. The van der Waals surface area contributed by atoms with Crippen LogP contribution in [0.1, 0.15) is 25.7 Å². The van der Waals surface area contributed by atoms with Gasteiger partial charge in [-0.15, -0.1) is 0 Å². The zero-order chi connectivity index (χ0) is 18.4. The largest absolute Gasteiger partial charge is 0.491 e. The summed E-state index contributed by atoms with van der Waals surface area (Å²) < 4.78 is 9.68. The maximum Gasteiger partial charge on any atom is 0.488 e. The van der Waals surface area contributed by atoms with Crippen molar-refractivity contribution in [3.05, 3.63) is 30.2 Å². The van der Waals surface area contributed by atoms with E-state index >= 15 is 0 Å². The molecule has 134 valence electrons. The molecule has 0 amide bonds. The van der Waals surface area contributed by atoms with Gasteiger partial charge in [-0.1, -0.05) is 6.07 Å². The Kier molecular flexibility index (Phi) is 4.05. The number of aromatic nitrogens is 5. The quantitative estimate of drug-likeness (QED) is 0.675. The van der Waals surface area contributed by atoms with Crippen LogP contribution in [0.3, 0.4) is 0 Å². The first-order valence-electron chi connectivity index (χ1n) is 8.58. The lowest BCUT2D eigenvalue weighted by molar-refractivity contribution is 0.306. The standard InChI is InChI=1S/C17H20BN5O3/c1-10(2)23-17(19-11(3)21-23)14-9-22-6-7-26-15-8-12(18(24)25)4-5-13(15)16(22)20-14/h4-5,8-10,24-25H,6-7H2,1-3H3. The molecule has 3 aromatic rings. The number of fused-ring (bicyclic) bond motifs is 3. The first-order valence-corrected chi connectivity index (χ1v) is 8.58. The zero-order valence-electron chi connectivity index (χ0n) is 14.9. The van der Waals surface area contributed by atoms with Gasteiger partial charge in [0.25, 0.3) is 0 Å². The van der Waals surface area contributed by atoms with Gasteiger partial charge >= 0.3 is 7.12 Å². The first kappa shape index (κ1) is 16.8. The molecule has 0 atom stereocenters. The summed E-state index contributed by atoms with van der Waals surface area (Å²) in [7, 11) is -1.53. The second-order valence-electron chi connectivity index (χ2n) is 6.64. The van der Waals surface area contributed by atoms with Gasteiger partial charge in [0.15, 0.2) is 5.82 Å². The van der Waals surface area contributed by atoms with Crippen LogP contribution < -0.4 is 10.2 Å². The average molecular weight is 353 g/mol. The van der Waals surface area contributed by atoms with Crippen molar-refractivity contribution in [2.45, 2.75) is 33.4 Å². The van der Waals surface area contributed by atoms with E-state index in [9.17, 15) is 10.0 Å². The van der Waals surface area contributed by atoms with Crippen LogP contribution in [0.15, 0.2) is 24.4 Å². The predicted octanol–water partition coefficient (Wildman–Crippen LogP) is 0.770. The first-order chi connectivity index (χ1) is 12.4. The lowest BCUT2D eigenvalue weighted by Crippen LogP contribution is -2.29. The Bertz CT molecular complexity index is 963. The Balaban J connectivity index is 1.83. The van der Waals surface area contributed by atoms with Crippen LogP contribution in [0.4, 0.5) is 0 Å². The third kappa shape index (κ3) is 2.79. The van der Waals surface area contributed by atoms with E-state index in [-0.39, 0.29) is 6.04 Å². The number of ether oxygens (including phenoxy) is 1. The van der Waals surface area contributed by atoms with Gasteiger partial charge in [0.2, 0.25) is 0 Å². The minimum atomic E-state index is -1.53. The topological polar surface area (TPSA) is 98.2 Å². The van der Waals surface area contributed by atoms with E-state index in [2.05, 4.69) is 23.9 Å². The van der Waals surface area contributed by atoms with Gasteiger partial charge in [0, 0.05) is 12.2 Å². The third-order valence-electron chi connectivity index (χ3n) is 4.37. The molecule has 0 fully saturated rings. The van der Waals surface area contributed by atoms with Gasteiger partial charge in [-0.05, 0) is 38.4 Å². The summed E-state index contributed by atoms with van der Waals surface area (Å²) in [5.41, 5.74) is 1.96. The van der Waals surface area contributed by atoms with Crippen LogP contribution >= 0.6 is 0 Å². The number of rotatable bonds is 3. The zero-order valence-corrected chi connectivity index (χ0v) is 14.9. The van der Waals surface area contributed by atoms with Gasteiger partial charge in [-0.2, -0.15) is 5.10 Å². The maximum absolute atomic E-state index is 9.39. The molecule has 8 nitrogen and oxygen atoms in total. The molecule has 2 aromatic heterocycles. The minimum Gasteiger partial charge on any atom is -0.491 e. The summed E-state index contributed by atoms with van der Waals surface area (Å²) in [6, 6.07) is 5.29. The predicted molar refractivity (Wildman–Crippen MR) is 97.1 cm³/mol. The Morgan fingerprint density at radius 3 is 2.73 bits per heavy atom. The monoisotopic (exact) mass is 353 g/mol. The molecule has 0 saturated carbocycles. The molecular weight excluding hydrogens is 333 g/mol. The lowest BCUT2D eigenvalue weighted by Gasteiger charge is -2.09. The number of aryl methyl sites for hydroxylation is 1. The highest BCUT2D eigenvalue weighted by atomic mass is 16.5. The fourth-order valence-corrected chi connectivity index (χ4v) is 3.13. The van der Waals surface area contributed by atoms with Gasteiger partial charge < -0.3 is 19.4 Å². The normalized spacial score (nSPS) is 13.2. The van der Waals surface area contributed by atoms with E-state index < -0.39 is 7.12 Å². The molecule has 26 heavy (non-hydrogen) atoms. The van der Waals surface area contributed by atoms with Crippen LogP contribution in [0, 0.1) is 6.92 Å². The highest BCUT2D eigenvalue weighted by molar-refractivity contribution is 6.58. The fourth-order valence-electron chi connectivity index (χ4n) is 3.13. The van der Waals surface area contributed by atoms with E-state index in [1.54, 1.807) is 18.2 Å². The van der Waals surface area contributed by atoms with Crippen LogP contribution in [0.2, 0.25) is 0 Å². The molecule has 1 aliphatic rings. The van der Waals surface area contributed by atoms with Crippen LogP contribution in [-0.4, -0.2) is 48.1 Å². The summed E-state index contributed by atoms with van der Waals surface area (Å²) in [6.07, 6.45) is 1.96. The summed E-state index contributed by atoms with van der Waals surface area (Å²) in [5, 5.41) is 23.2. The minimum absolute atomic E-state index is 0.178. The fraction of sp³-hybridized carbons (Fsp3) is 0.353. The van der Waals surface area contributed by atoms with Crippen molar-refractivity contribution in [1.82, 2.24) is 24.3 Å². The molecule has 9 heteroatoms. The van der Waals surface area contributed by atoms with Crippen molar-refractivity contribution in [3.63, 3.8) is 0 Å². The molecule has 0 unspecified atom stereocenters. The van der Waals surface area contributed by atoms with Crippen LogP contribution in [0.25, 0.3) is 22.9 Å². The van der Waals surface area contributed by atoms with E-state index in [0.717, 1.165) is 22.9 Å². The van der Waals surface area contributed by atoms with Gasteiger partial charge in [0.05, 0.1) is 12.1 Å². The van der Waals surface area contributed by atoms with Crippen molar-refractivity contribution in [3.8, 4) is 28.7 Å². The second kappa shape index (κ2) is 6.26. The summed E-state index contributed by atoms with van der Waals surface area (Å²) in [6.45, 7) is 7.10. The van der Waals surface area contributed by atoms with E-state index in [4.69, 9.17) is 9.72 Å². The number of imidazole rings is 1. The van der Waals surface area contributed by atoms with Crippen molar-refractivity contribution >= 4 is 12.6 Å². The Morgan fingerprint density at radius 2 is 2.00 bits per heavy atom. The molecule has 2 N–H and O–H groups in total. The molecule has 0 bridgehead atoms. The number of nitrogens with zero attached hydrogens (tertiary/aromatic N) is 5. The van der Waals surface area contributed by atoms with Crippen LogP contribution in [-0.2, 0) is 6.54 Å². The Labute approximate surface area is 151 Å². The smallest absolute Gasteiger partial charge is 0.488 e. The van der Waals surface area contributed by atoms with Crippen LogP contribution in [0.5, 0.6) is 5.75 Å². The SMILES string of the molecule is Cc1nc(-c2cn3c(n2)-c2ccc(B(O)O)cc2OCC3)n(C(C)C)n1. The molecule has 0 aliphatic carbocycles. The lowest BCUT2D eigenvalue weighted by atomic mass is 9.80. The van der Waals surface area contributed by atoms with E-state index in [0.29, 0.717) is 30.2 Å². The van der Waals surface area contributed by atoms with Gasteiger partial charge in [0.1, 0.15) is 29.7 Å². The Hall–Kier alpha value is -2.65. The molecule has 1 aliphatic heterocycles. The number of hydrogen-bond acceptors (Lipinski definition) is 6. The van der Waals surface area contributed by atoms with E-state index in [1.165, 1.54) is 0 Å². The third-order valence-corrected chi connectivity index (χ3v) is 4.37. The highest BCUT2D eigenvalue weighted by Gasteiger charge is 2.23. The van der Waals surface area contributed by atoms with E-state index in [1.807, 2.05) is 22.4 Å². The molecular formula is C17H20BN5O3. The van der Waals surface area contributed by atoms with Gasteiger partial charge in [-0.3, -0.25) is 0 Å². The van der Waals surface area contributed by atoms with Gasteiger partial charge in [-0.25, -0.2) is 14.6 Å². The highest BCUT2D eigenvalue weighted by Crippen LogP contribution is 2.33. The molecule has 0 radical (unpaired) electrons. The maximum atomic E-state index is 9.39. The molecule has 0 spiro atoms. The van der Waals surface area contributed by atoms with Crippen molar-refractivity contribution in [1.29, 1.82) is 0 Å². The summed E-state index contributed by atoms with van der Waals surface area (Å²) in [5.74, 6) is 2.81. The summed E-state index contributed by atoms with van der Waals surface area (Å²) >= 11 is 0. The van der Waals surface area contributed by atoms with Crippen molar-refractivity contribution in [2.24, 2.45) is 0 Å². The molecule has 0 saturated heterocycles. The molecule has 1 aromatic carbocycles. The molecule has 4 rings (SSSR count). The number of hydrogen-bond donors (Lipinski definition) is 2.